The topological polar surface area (TPSA) is 88.7 Å². The van der Waals surface area contributed by atoms with E-state index < -0.39 is 23.3 Å². The molecule has 0 aliphatic carbocycles. The van der Waals surface area contributed by atoms with Crippen LogP contribution < -0.4 is 5.73 Å². The van der Waals surface area contributed by atoms with Gasteiger partial charge in [-0.15, -0.1) is 11.3 Å². The van der Waals surface area contributed by atoms with Crippen LogP contribution >= 0.6 is 11.3 Å². The van der Waals surface area contributed by atoms with E-state index in [2.05, 4.69) is 4.98 Å². The van der Waals surface area contributed by atoms with Gasteiger partial charge in [0.2, 0.25) is 0 Å². The van der Waals surface area contributed by atoms with Crippen molar-refractivity contribution in [2.45, 2.75) is 38.0 Å². The average Bonchev–Trinajstić information content (AvgIpc) is 2.74. The third-order valence-corrected chi connectivity index (χ3v) is 3.74. The summed E-state index contributed by atoms with van der Waals surface area (Å²) in [6.07, 6.45) is 1.22. The predicted octanol–water partition coefficient (Wildman–Crippen LogP) is 1.12. The lowest BCUT2D eigenvalue weighted by Crippen LogP contribution is -2.68. The Morgan fingerprint density at radius 1 is 1.63 bits per heavy atom. The molecule has 0 radical (unpaired) electrons. The number of β-amino-alcohol motifs (C(OH)–C–C–N with tert-alkyl or cyclic N) is 1. The fraction of sp³-hybridized carbons (Fsp3) is 0.667. The zero-order valence-electron chi connectivity index (χ0n) is 11.3. The number of likely N-dealkylation sites (tertiary alicyclic amines) is 1. The van der Waals surface area contributed by atoms with Crippen LogP contribution in [0.25, 0.3) is 0 Å². The van der Waals surface area contributed by atoms with Gasteiger partial charge in [0.25, 0.3) is 0 Å². The monoisotopic (exact) mass is 285 g/mol. The summed E-state index contributed by atoms with van der Waals surface area (Å²) in [5, 5.41) is 12.8. The number of ether oxygens (including phenoxy) is 1. The van der Waals surface area contributed by atoms with Gasteiger partial charge < -0.3 is 20.5 Å². The van der Waals surface area contributed by atoms with Crippen molar-refractivity contribution < 1.29 is 14.6 Å². The van der Waals surface area contributed by atoms with Crippen molar-refractivity contribution in [2.24, 2.45) is 5.73 Å². The molecule has 106 valence electrons. The van der Waals surface area contributed by atoms with E-state index in [-0.39, 0.29) is 13.1 Å². The van der Waals surface area contributed by atoms with E-state index in [1.54, 1.807) is 27.0 Å². The predicted molar refractivity (Wildman–Crippen MR) is 71.8 cm³/mol. The van der Waals surface area contributed by atoms with Crippen molar-refractivity contribution in [2.75, 3.05) is 13.1 Å². The minimum Gasteiger partial charge on any atom is -0.444 e. The quantitative estimate of drug-likeness (QED) is 0.850. The molecular weight excluding hydrogens is 266 g/mol. The Labute approximate surface area is 116 Å². The van der Waals surface area contributed by atoms with Crippen LogP contribution in [0.4, 0.5) is 4.79 Å². The lowest BCUT2D eigenvalue weighted by molar-refractivity contribution is -0.113. The molecule has 0 spiro atoms. The minimum atomic E-state index is -1.12. The van der Waals surface area contributed by atoms with E-state index >= 15 is 0 Å². The maximum atomic E-state index is 11.8. The Bertz CT molecular complexity index is 449. The second kappa shape index (κ2) is 4.73. The largest absolute Gasteiger partial charge is 0.444 e. The van der Waals surface area contributed by atoms with E-state index in [4.69, 9.17) is 10.5 Å². The average molecular weight is 285 g/mol. The number of carbonyl (C=O) groups excluding carboxylic acids is 1. The fourth-order valence-corrected chi connectivity index (χ4v) is 2.63. The van der Waals surface area contributed by atoms with Crippen LogP contribution in [0.1, 0.15) is 31.8 Å². The van der Waals surface area contributed by atoms with Gasteiger partial charge in [0.05, 0.1) is 19.1 Å². The van der Waals surface area contributed by atoms with Gasteiger partial charge >= 0.3 is 6.09 Å². The van der Waals surface area contributed by atoms with Crippen molar-refractivity contribution in [3.63, 3.8) is 0 Å². The molecule has 6 nitrogen and oxygen atoms in total. The first kappa shape index (κ1) is 14.2. The second-order valence-corrected chi connectivity index (χ2v) is 6.71. The van der Waals surface area contributed by atoms with Crippen molar-refractivity contribution in [1.29, 1.82) is 0 Å². The molecule has 1 saturated heterocycles. The standard InChI is InChI=1S/C12H19N3O3S/c1-11(2,3)18-10(16)15-6-12(17,7-15)8(13)9-14-4-5-19-9/h4-5,8,17H,6-7,13H2,1-3H3. The molecule has 1 aromatic rings. The van der Waals surface area contributed by atoms with Gasteiger partial charge in [-0.2, -0.15) is 0 Å². The Morgan fingerprint density at radius 3 is 2.74 bits per heavy atom. The van der Waals surface area contributed by atoms with Crippen molar-refractivity contribution >= 4 is 17.4 Å². The highest BCUT2D eigenvalue weighted by Gasteiger charge is 2.50. The molecule has 1 unspecified atom stereocenters. The summed E-state index contributed by atoms with van der Waals surface area (Å²) in [4.78, 5) is 17.3. The molecule has 2 heterocycles. The van der Waals surface area contributed by atoms with Gasteiger partial charge in [0.15, 0.2) is 0 Å². The first-order valence-corrected chi connectivity index (χ1v) is 6.94. The van der Waals surface area contributed by atoms with Crippen LogP contribution in [-0.4, -0.2) is 45.4 Å². The van der Waals surface area contributed by atoms with E-state index in [0.717, 1.165) is 0 Å². The number of aliphatic hydroxyl groups is 1. The molecule has 7 heteroatoms. The van der Waals surface area contributed by atoms with Gasteiger partial charge in [-0.3, -0.25) is 0 Å². The van der Waals surface area contributed by atoms with Crippen LogP contribution in [0.2, 0.25) is 0 Å². The zero-order valence-corrected chi connectivity index (χ0v) is 12.1. The normalized spacial score (nSPS) is 19.7. The molecule has 1 aromatic heterocycles. The molecule has 0 saturated carbocycles. The number of nitrogens with two attached hydrogens (primary N) is 1. The van der Waals surface area contributed by atoms with Gasteiger partial charge in [-0.25, -0.2) is 9.78 Å². The van der Waals surface area contributed by atoms with E-state index in [1.807, 2.05) is 5.38 Å². The summed E-state index contributed by atoms with van der Waals surface area (Å²) >= 11 is 1.40. The summed E-state index contributed by atoms with van der Waals surface area (Å²) in [6.45, 7) is 5.75. The van der Waals surface area contributed by atoms with E-state index in [9.17, 15) is 9.90 Å². The SMILES string of the molecule is CC(C)(C)OC(=O)N1CC(O)(C(N)c2nccs2)C1. The summed E-state index contributed by atoms with van der Waals surface area (Å²) in [6, 6.07) is -0.578. The molecule has 0 bridgehead atoms. The number of rotatable bonds is 2. The number of nitrogens with zero attached hydrogens (tertiary/aromatic N) is 2. The van der Waals surface area contributed by atoms with Gasteiger partial charge in [0.1, 0.15) is 16.2 Å². The number of aromatic nitrogens is 1. The summed E-state index contributed by atoms with van der Waals surface area (Å²) in [5.41, 5.74) is 4.33. The van der Waals surface area contributed by atoms with Crippen molar-refractivity contribution in [3.05, 3.63) is 16.6 Å². The Balaban J connectivity index is 1.93. The molecule has 1 aliphatic rings. The molecule has 1 aliphatic heterocycles. The Hall–Kier alpha value is -1.18. The van der Waals surface area contributed by atoms with Crippen LogP contribution in [0.15, 0.2) is 11.6 Å². The lowest BCUT2D eigenvalue weighted by Gasteiger charge is -2.48. The van der Waals surface area contributed by atoms with Crippen molar-refractivity contribution in [3.8, 4) is 0 Å². The summed E-state index contributed by atoms with van der Waals surface area (Å²) < 4.78 is 5.23. The highest BCUT2D eigenvalue weighted by Crippen LogP contribution is 2.34. The van der Waals surface area contributed by atoms with E-state index in [0.29, 0.717) is 5.01 Å². The summed E-state index contributed by atoms with van der Waals surface area (Å²) in [5.74, 6) is 0. The highest BCUT2D eigenvalue weighted by atomic mass is 32.1. The van der Waals surface area contributed by atoms with E-state index in [1.165, 1.54) is 16.2 Å². The molecule has 1 fully saturated rings. The minimum absolute atomic E-state index is 0.169. The molecule has 19 heavy (non-hydrogen) atoms. The molecule has 0 aromatic carbocycles. The van der Waals surface area contributed by atoms with Gasteiger partial charge in [-0.1, -0.05) is 0 Å². The molecule has 1 atom stereocenters. The number of hydrogen-bond acceptors (Lipinski definition) is 6. The van der Waals surface area contributed by atoms with Crippen LogP contribution in [0.3, 0.4) is 0 Å². The van der Waals surface area contributed by atoms with Crippen LogP contribution in [0.5, 0.6) is 0 Å². The maximum absolute atomic E-state index is 11.8. The third-order valence-electron chi connectivity index (χ3n) is 2.88. The number of thiazole rings is 1. The Morgan fingerprint density at radius 2 is 2.26 bits per heavy atom. The first-order valence-electron chi connectivity index (χ1n) is 6.06. The Kier molecular flexibility index (Phi) is 3.55. The number of carbonyl (C=O) groups is 1. The fourth-order valence-electron chi connectivity index (χ4n) is 1.88. The first-order chi connectivity index (χ1) is 8.71. The number of amides is 1. The highest BCUT2D eigenvalue weighted by molar-refractivity contribution is 7.09. The zero-order chi connectivity index (χ0) is 14.3. The summed E-state index contributed by atoms with van der Waals surface area (Å²) in [7, 11) is 0. The molecule has 3 N–H and O–H groups in total. The van der Waals surface area contributed by atoms with Gasteiger partial charge in [0, 0.05) is 11.6 Å². The smallest absolute Gasteiger partial charge is 0.410 e. The third kappa shape index (κ3) is 3.05. The van der Waals surface area contributed by atoms with Crippen LogP contribution in [0, 0.1) is 0 Å². The second-order valence-electron chi connectivity index (χ2n) is 5.79. The molecule has 2 rings (SSSR count). The molecular formula is C12H19N3O3S. The maximum Gasteiger partial charge on any atom is 0.410 e. The van der Waals surface area contributed by atoms with Gasteiger partial charge in [-0.05, 0) is 20.8 Å². The van der Waals surface area contributed by atoms with Crippen molar-refractivity contribution in [1.82, 2.24) is 9.88 Å². The van der Waals surface area contributed by atoms with Crippen LogP contribution in [-0.2, 0) is 4.74 Å². The number of hydrogen-bond donors (Lipinski definition) is 2. The molecule has 1 amide bonds. The lowest BCUT2D eigenvalue weighted by atomic mass is 9.87.